The molecule has 0 nitrogen and oxygen atoms in total. The van der Waals surface area contributed by atoms with Crippen LogP contribution in [0, 0.1) is 0 Å². The molecule has 0 fully saturated rings. The van der Waals surface area contributed by atoms with Gasteiger partial charge in [0.2, 0.25) is 0 Å². The second kappa shape index (κ2) is 11.4. The molecule has 0 atom stereocenters. The Kier molecular flexibility index (Phi) is 15.6. The Bertz CT molecular complexity index is 50.5. The molecular weight excluding hydrogens is 305 g/mol. The van der Waals surface area contributed by atoms with Crippen LogP contribution in [0.5, 0.6) is 0 Å². The minimum atomic E-state index is 0. The van der Waals surface area contributed by atoms with Gasteiger partial charge in [0.1, 0.15) is 0 Å². The summed E-state index contributed by atoms with van der Waals surface area (Å²) in [6, 6.07) is 0. The second-order valence-corrected chi connectivity index (χ2v) is 2.14. The van der Waals surface area contributed by atoms with E-state index in [4.69, 9.17) is 0 Å². The van der Waals surface area contributed by atoms with Gasteiger partial charge in [0.05, 0.1) is 0 Å². The van der Waals surface area contributed by atoms with Crippen molar-refractivity contribution in [2.75, 3.05) is 0 Å². The molecule has 0 N–H and O–H groups in total. The topological polar surface area (TPSA) is 0 Å². The van der Waals surface area contributed by atoms with Crippen LogP contribution in [0.25, 0.3) is 0 Å². The average molecular weight is 321 g/mol. The maximum atomic E-state index is 3.66. The summed E-state index contributed by atoms with van der Waals surface area (Å²) in [7, 11) is 0. The van der Waals surface area contributed by atoms with Crippen molar-refractivity contribution in [3.05, 3.63) is 12.7 Å². The fourth-order valence-corrected chi connectivity index (χ4v) is 0.715. The summed E-state index contributed by atoms with van der Waals surface area (Å²) in [4.78, 5) is 0. The van der Waals surface area contributed by atoms with E-state index in [9.17, 15) is 0 Å². The van der Waals surface area contributed by atoms with E-state index in [1.165, 1.54) is 32.1 Å². The van der Waals surface area contributed by atoms with E-state index in [2.05, 4.69) is 13.5 Å². The molecule has 0 spiro atoms. The van der Waals surface area contributed by atoms with Crippen LogP contribution in [-0.2, 0) is 0 Å². The van der Waals surface area contributed by atoms with Gasteiger partial charge in [0.25, 0.3) is 0 Å². The SMILES string of the molecule is C=CCCCCCC.[Bi]. The van der Waals surface area contributed by atoms with Gasteiger partial charge in [0, 0.05) is 26.2 Å². The van der Waals surface area contributed by atoms with E-state index in [-0.39, 0.29) is 26.2 Å². The molecule has 0 aliphatic heterocycles. The van der Waals surface area contributed by atoms with Crippen LogP contribution in [0.1, 0.15) is 39.0 Å². The fourth-order valence-electron chi connectivity index (χ4n) is 0.715. The van der Waals surface area contributed by atoms with Crippen molar-refractivity contribution in [3.8, 4) is 0 Å². The molecule has 0 aliphatic carbocycles. The van der Waals surface area contributed by atoms with Crippen LogP contribution in [0.3, 0.4) is 0 Å². The molecule has 0 aromatic rings. The van der Waals surface area contributed by atoms with Crippen LogP contribution in [0.15, 0.2) is 12.7 Å². The van der Waals surface area contributed by atoms with Crippen molar-refractivity contribution in [2.45, 2.75) is 39.0 Å². The van der Waals surface area contributed by atoms with Gasteiger partial charge in [-0.1, -0.05) is 32.3 Å². The van der Waals surface area contributed by atoms with Crippen molar-refractivity contribution in [1.29, 1.82) is 0 Å². The Morgan fingerprint density at radius 1 is 1.22 bits per heavy atom. The molecule has 0 saturated carbocycles. The number of hydrogen-bond donors (Lipinski definition) is 0. The second-order valence-electron chi connectivity index (χ2n) is 2.14. The van der Waals surface area contributed by atoms with E-state index in [1.54, 1.807) is 0 Å². The summed E-state index contributed by atoms with van der Waals surface area (Å²) in [6.07, 6.45) is 8.61. The first kappa shape index (κ1) is 12.3. The molecule has 0 aromatic carbocycles. The Hall–Kier alpha value is 0.623. The predicted octanol–water partition coefficient (Wildman–Crippen LogP) is 2.76. The quantitative estimate of drug-likeness (QED) is 0.415. The average Bonchev–Trinajstić information content (AvgIpc) is 1.81. The van der Waals surface area contributed by atoms with E-state index < -0.39 is 0 Å². The molecule has 0 heterocycles. The third-order valence-corrected chi connectivity index (χ3v) is 1.26. The molecular formula is C8H16Bi. The van der Waals surface area contributed by atoms with Crippen LogP contribution < -0.4 is 0 Å². The first-order valence-corrected chi connectivity index (χ1v) is 3.52. The Morgan fingerprint density at radius 3 is 2.33 bits per heavy atom. The largest absolute Gasteiger partial charge is 0.103 e. The normalized spacial score (nSPS) is 8.11. The summed E-state index contributed by atoms with van der Waals surface area (Å²) < 4.78 is 0. The molecule has 1 heteroatoms. The molecule has 9 heavy (non-hydrogen) atoms. The molecule has 0 unspecified atom stereocenters. The van der Waals surface area contributed by atoms with Crippen molar-refractivity contribution < 1.29 is 0 Å². The summed E-state index contributed by atoms with van der Waals surface area (Å²) in [5, 5.41) is 0. The number of allylic oxidation sites excluding steroid dienone is 1. The number of rotatable bonds is 5. The van der Waals surface area contributed by atoms with Gasteiger partial charge >= 0.3 is 0 Å². The van der Waals surface area contributed by atoms with Crippen LogP contribution in [0.2, 0.25) is 0 Å². The zero-order valence-electron chi connectivity index (χ0n) is 6.27. The van der Waals surface area contributed by atoms with Gasteiger partial charge < -0.3 is 0 Å². The van der Waals surface area contributed by atoms with E-state index >= 15 is 0 Å². The Balaban J connectivity index is 0. The minimum absolute atomic E-state index is 0. The maximum absolute atomic E-state index is 3.66. The maximum Gasteiger partial charge on any atom is 0 e. The van der Waals surface area contributed by atoms with E-state index in [1.807, 2.05) is 6.08 Å². The molecule has 53 valence electrons. The van der Waals surface area contributed by atoms with Crippen LogP contribution >= 0.6 is 0 Å². The summed E-state index contributed by atoms with van der Waals surface area (Å²) >= 11 is 0. The Morgan fingerprint density at radius 2 is 1.89 bits per heavy atom. The van der Waals surface area contributed by atoms with Crippen molar-refractivity contribution in [3.63, 3.8) is 0 Å². The smallest absolute Gasteiger partial charge is 0 e. The van der Waals surface area contributed by atoms with Gasteiger partial charge in [-0.2, -0.15) is 0 Å². The van der Waals surface area contributed by atoms with Gasteiger partial charge in [-0.3, -0.25) is 0 Å². The number of unbranched alkanes of at least 4 members (excludes halogenated alkanes) is 4. The van der Waals surface area contributed by atoms with Gasteiger partial charge in [-0.15, -0.1) is 6.58 Å². The van der Waals surface area contributed by atoms with Gasteiger partial charge in [-0.05, 0) is 12.8 Å². The van der Waals surface area contributed by atoms with Crippen molar-refractivity contribution in [2.24, 2.45) is 0 Å². The third kappa shape index (κ3) is 12.0. The van der Waals surface area contributed by atoms with Crippen molar-refractivity contribution in [1.82, 2.24) is 0 Å². The molecule has 0 rings (SSSR count). The predicted molar refractivity (Wildman–Crippen MR) is 44.7 cm³/mol. The number of hydrogen-bond acceptors (Lipinski definition) is 0. The van der Waals surface area contributed by atoms with E-state index in [0.29, 0.717) is 0 Å². The van der Waals surface area contributed by atoms with E-state index in [0.717, 1.165) is 0 Å². The Labute approximate surface area is 77.9 Å². The van der Waals surface area contributed by atoms with Gasteiger partial charge in [0.15, 0.2) is 0 Å². The molecule has 0 amide bonds. The summed E-state index contributed by atoms with van der Waals surface area (Å²) in [5.74, 6) is 0. The summed E-state index contributed by atoms with van der Waals surface area (Å²) in [6.45, 7) is 5.89. The first-order valence-electron chi connectivity index (χ1n) is 3.52. The van der Waals surface area contributed by atoms with Crippen molar-refractivity contribution >= 4 is 26.2 Å². The first-order chi connectivity index (χ1) is 3.91. The standard InChI is InChI=1S/C8H16.Bi/c1-3-5-7-8-6-4-2;/h3H,1,4-8H2,2H3;. The van der Waals surface area contributed by atoms with Crippen LogP contribution in [0.4, 0.5) is 0 Å². The molecule has 0 saturated heterocycles. The van der Waals surface area contributed by atoms with Gasteiger partial charge in [-0.25, -0.2) is 0 Å². The fraction of sp³-hybridized carbons (Fsp3) is 0.750. The third-order valence-electron chi connectivity index (χ3n) is 1.26. The molecule has 3 radical (unpaired) electrons. The van der Waals surface area contributed by atoms with Crippen LogP contribution in [-0.4, -0.2) is 26.2 Å². The molecule has 0 aliphatic rings. The zero-order valence-corrected chi connectivity index (χ0v) is 9.74. The molecule has 0 aromatic heterocycles. The monoisotopic (exact) mass is 321 g/mol. The zero-order chi connectivity index (χ0) is 6.24. The minimum Gasteiger partial charge on any atom is -0.103 e. The molecule has 0 bridgehead atoms. The summed E-state index contributed by atoms with van der Waals surface area (Å²) in [5.41, 5.74) is 0.